The summed E-state index contributed by atoms with van der Waals surface area (Å²) in [6.45, 7) is 1.18. The highest BCUT2D eigenvalue weighted by atomic mass is 79.9. The number of aromatic nitrogens is 1. The lowest BCUT2D eigenvalue weighted by molar-refractivity contribution is 0.285. The molecule has 0 saturated carbocycles. The third-order valence-electron chi connectivity index (χ3n) is 3.02. The Morgan fingerprint density at radius 3 is 2.89 bits per heavy atom. The van der Waals surface area contributed by atoms with E-state index in [-0.39, 0.29) is 4.90 Å². The summed E-state index contributed by atoms with van der Waals surface area (Å²) in [7, 11) is -3.41. The topological polar surface area (TPSA) is 50.3 Å². The van der Waals surface area contributed by atoms with Gasteiger partial charge in [-0.25, -0.2) is 8.42 Å². The van der Waals surface area contributed by atoms with Crippen LogP contribution in [0.2, 0.25) is 0 Å². The maximum atomic E-state index is 12.5. The molecule has 100 valence electrons. The molecule has 4 nitrogen and oxygen atoms in total. The van der Waals surface area contributed by atoms with E-state index in [9.17, 15) is 8.42 Å². The van der Waals surface area contributed by atoms with E-state index in [4.69, 9.17) is 0 Å². The molecule has 7 heteroatoms. The van der Waals surface area contributed by atoms with Crippen LogP contribution in [0.3, 0.4) is 0 Å². The molecule has 0 amide bonds. The molecule has 0 bridgehead atoms. The van der Waals surface area contributed by atoms with Crippen LogP contribution in [-0.2, 0) is 10.0 Å². The van der Waals surface area contributed by atoms with Crippen LogP contribution in [0.1, 0.15) is 12.8 Å². The van der Waals surface area contributed by atoms with Gasteiger partial charge in [0.15, 0.2) is 0 Å². The molecule has 1 aliphatic rings. The summed E-state index contributed by atoms with van der Waals surface area (Å²) in [5.41, 5.74) is 0. The summed E-state index contributed by atoms with van der Waals surface area (Å²) >= 11 is 6.68. The Kier molecular flexibility index (Phi) is 4.80. The van der Waals surface area contributed by atoms with E-state index in [1.54, 1.807) is 16.6 Å². The Morgan fingerprint density at radius 1 is 1.44 bits per heavy atom. The Morgan fingerprint density at radius 2 is 2.22 bits per heavy atom. The van der Waals surface area contributed by atoms with Gasteiger partial charge in [-0.05, 0) is 40.8 Å². The number of piperidine rings is 1. The van der Waals surface area contributed by atoms with Gasteiger partial charge in [0.05, 0.1) is 0 Å². The minimum Gasteiger partial charge on any atom is -0.262 e. The lowest BCUT2D eigenvalue weighted by Gasteiger charge is -2.30. The van der Waals surface area contributed by atoms with Crippen molar-refractivity contribution in [2.75, 3.05) is 18.4 Å². The average Bonchev–Trinajstić information content (AvgIpc) is 2.39. The summed E-state index contributed by atoms with van der Waals surface area (Å²) in [6, 6.07) is 1.60. The van der Waals surface area contributed by atoms with Gasteiger partial charge in [0.2, 0.25) is 10.0 Å². The van der Waals surface area contributed by atoms with Gasteiger partial charge in [0.25, 0.3) is 0 Å². The number of sulfonamides is 1. The smallest absolute Gasteiger partial charge is 0.244 e. The second kappa shape index (κ2) is 5.98. The van der Waals surface area contributed by atoms with Gasteiger partial charge < -0.3 is 0 Å². The van der Waals surface area contributed by atoms with Gasteiger partial charge in [-0.1, -0.05) is 15.9 Å². The Balaban J connectivity index is 2.25. The van der Waals surface area contributed by atoms with E-state index >= 15 is 0 Å². The van der Waals surface area contributed by atoms with Crippen LogP contribution in [0.4, 0.5) is 0 Å². The van der Waals surface area contributed by atoms with E-state index in [1.807, 2.05) is 0 Å². The van der Waals surface area contributed by atoms with Gasteiger partial charge in [-0.15, -0.1) is 0 Å². The number of rotatable bonds is 3. The van der Waals surface area contributed by atoms with Crippen molar-refractivity contribution in [1.82, 2.24) is 9.29 Å². The molecule has 2 heterocycles. The van der Waals surface area contributed by atoms with Crippen LogP contribution in [0.25, 0.3) is 0 Å². The summed E-state index contributed by atoms with van der Waals surface area (Å²) < 4.78 is 27.1. The zero-order valence-corrected chi connectivity index (χ0v) is 13.7. The zero-order chi connectivity index (χ0) is 13.2. The van der Waals surface area contributed by atoms with Gasteiger partial charge in [0, 0.05) is 35.3 Å². The molecule has 18 heavy (non-hydrogen) atoms. The van der Waals surface area contributed by atoms with Crippen molar-refractivity contribution < 1.29 is 8.42 Å². The third-order valence-corrected chi connectivity index (χ3v) is 6.20. The van der Waals surface area contributed by atoms with Gasteiger partial charge in [0.1, 0.15) is 4.90 Å². The van der Waals surface area contributed by atoms with Crippen molar-refractivity contribution in [3.05, 3.63) is 22.9 Å². The molecule has 0 N–H and O–H groups in total. The molecule has 0 aromatic carbocycles. The summed E-state index contributed by atoms with van der Waals surface area (Å²) in [4.78, 5) is 4.18. The summed E-state index contributed by atoms with van der Waals surface area (Å²) in [6.07, 6.45) is 4.97. The number of alkyl halides is 1. The Hall–Kier alpha value is 0.0200. The quantitative estimate of drug-likeness (QED) is 0.736. The first-order chi connectivity index (χ1) is 8.54. The predicted octanol–water partition coefficient (Wildman–Crippen LogP) is 2.64. The van der Waals surface area contributed by atoms with E-state index in [0.29, 0.717) is 23.5 Å². The molecule has 0 radical (unpaired) electrons. The maximum absolute atomic E-state index is 12.5. The second-order valence-electron chi connectivity index (χ2n) is 4.36. The first-order valence-corrected chi connectivity index (χ1v) is 9.06. The molecule has 1 unspecified atom stereocenters. The van der Waals surface area contributed by atoms with Crippen LogP contribution in [0.15, 0.2) is 27.8 Å². The molecule has 1 aliphatic heterocycles. The van der Waals surface area contributed by atoms with Crippen molar-refractivity contribution in [1.29, 1.82) is 0 Å². The first-order valence-electron chi connectivity index (χ1n) is 5.70. The molecule has 1 atom stereocenters. The zero-order valence-electron chi connectivity index (χ0n) is 9.72. The SMILES string of the molecule is O=S(=O)(c1cncc(Br)c1)N1CCCC(CBr)C1. The summed E-state index contributed by atoms with van der Waals surface area (Å²) in [5.74, 6) is 0.397. The minimum atomic E-state index is -3.41. The fraction of sp³-hybridized carbons (Fsp3) is 0.545. The van der Waals surface area contributed by atoms with Crippen LogP contribution in [0, 0.1) is 5.92 Å². The number of hydrogen-bond acceptors (Lipinski definition) is 3. The van der Waals surface area contributed by atoms with Gasteiger partial charge in [-0.3, -0.25) is 4.98 Å². The molecule has 2 rings (SSSR count). The third kappa shape index (κ3) is 3.12. The van der Waals surface area contributed by atoms with Crippen LogP contribution in [0.5, 0.6) is 0 Å². The normalized spacial score (nSPS) is 22.0. The fourth-order valence-corrected chi connectivity index (χ4v) is 4.64. The summed E-state index contributed by atoms with van der Waals surface area (Å²) in [5, 5.41) is 0.843. The molecular formula is C11H14Br2N2O2S. The van der Waals surface area contributed by atoms with E-state index < -0.39 is 10.0 Å². The Labute approximate surface area is 124 Å². The second-order valence-corrected chi connectivity index (χ2v) is 7.87. The van der Waals surface area contributed by atoms with Gasteiger partial charge >= 0.3 is 0 Å². The molecule has 0 aliphatic carbocycles. The highest BCUT2D eigenvalue weighted by Gasteiger charge is 2.30. The number of nitrogens with zero attached hydrogens (tertiary/aromatic N) is 2. The first kappa shape index (κ1) is 14.4. The molecule has 1 fully saturated rings. The Bertz CT molecular complexity index is 522. The van der Waals surface area contributed by atoms with Crippen LogP contribution < -0.4 is 0 Å². The number of pyridine rings is 1. The largest absolute Gasteiger partial charge is 0.262 e. The fourth-order valence-electron chi connectivity index (χ4n) is 2.05. The van der Waals surface area contributed by atoms with E-state index in [2.05, 4.69) is 36.8 Å². The van der Waals surface area contributed by atoms with Crippen molar-refractivity contribution in [3.8, 4) is 0 Å². The van der Waals surface area contributed by atoms with Gasteiger partial charge in [-0.2, -0.15) is 4.31 Å². The van der Waals surface area contributed by atoms with Crippen molar-refractivity contribution in [2.24, 2.45) is 5.92 Å². The molecular weight excluding hydrogens is 384 g/mol. The molecule has 0 spiro atoms. The lowest BCUT2D eigenvalue weighted by atomic mass is 10.0. The van der Waals surface area contributed by atoms with E-state index in [0.717, 1.165) is 18.2 Å². The molecule has 1 saturated heterocycles. The van der Waals surface area contributed by atoms with Crippen molar-refractivity contribution in [2.45, 2.75) is 17.7 Å². The van der Waals surface area contributed by atoms with Crippen molar-refractivity contribution in [3.63, 3.8) is 0 Å². The maximum Gasteiger partial charge on any atom is 0.244 e. The lowest BCUT2D eigenvalue weighted by Crippen LogP contribution is -2.40. The average molecular weight is 398 g/mol. The highest BCUT2D eigenvalue weighted by molar-refractivity contribution is 9.10. The van der Waals surface area contributed by atoms with Crippen LogP contribution >= 0.6 is 31.9 Å². The van der Waals surface area contributed by atoms with E-state index in [1.165, 1.54) is 6.20 Å². The molecule has 1 aromatic rings. The molecule has 1 aromatic heterocycles. The van der Waals surface area contributed by atoms with Crippen LogP contribution in [-0.4, -0.2) is 36.1 Å². The number of halogens is 2. The predicted molar refractivity (Wildman–Crippen MR) is 77.2 cm³/mol. The monoisotopic (exact) mass is 396 g/mol. The standard InChI is InChI=1S/C11H14Br2N2O2S/c12-5-9-2-1-3-15(8-9)18(16,17)11-4-10(13)6-14-7-11/h4,6-7,9H,1-3,5,8H2. The number of hydrogen-bond donors (Lipinski definition) is 0. The van der Waals surface area contributed by atoms with Crippen molar-refractivity contribution >= 4 is 41.9 Å². The highest BCUT2D eigenvalue weighted by Crippen LogP contribution is 2.25. The minimum absolute atomic E-state index is 0.257.